The van der Waals surface area contributed by atoms with Gasteiger partial charge in [-0.2, -0.15) is 0 Å². The van der Waals surface area contributed by atoms with Crippen LogP contribution in [0.4, 0.5) is 14.9 Å². The van der Waals surface area contributed by atoms with E-state index in [-0.39, 0.29) is 5.11 Å². The van der Waals surface area contributed by atoms with Crippen LogP contribution in [0.15, 0.2) is 18.2 Å². The lowest BCUT2D eigenvalue weighted by molar-refractivity contribution is 0.0529. The van der Waals surface area contributed by atoms with Crippen molar-refractivity contribution in [1.29, 1.82) is 0 Å². The van der Waals surface area contributed by atoms with Gasteiger partial charge < -0.3 is 25.8 Å². The molecule has 0 fully saturated rings. The highest BCUT2D eigenvalue weighted by Gasteiger charge is 2.15. The number of phenolic OH excluding ortho intramolecular Hbond substituents is 1. The second-order valence-corrected chi connectivity index (χ2v) is 5.88. The van der Waals surface area contributed by atoms with E-state index in [1.807, 2.05) is 0 Å². The van der Waals surface area contributed by atoms with Gasteiger partial charge in [0.1, 0.15) is 5.60 Å². The number of hydrogen-bond donors (Lipinski definition) is 4. The van der Waals surface area contributed by atoms with Crippen molar-refractivity contribution in [2.24, 2.45) is 0 Å². The normalized spacial score (nSPS) is 10.7. The van der Waals surface area contributed by atoms with Gasteiger partial charge in [0.15, 0.2) is 16.7 Å². The Balaban J connectivity index is 2.26. The van der Waals surface area contributed by atoms with Gasteiger partial charge in [-0.3, -0.25) is 0 Å². The van der Waals surface area contributed by atoms with Gasteiger partial charge in [0.25, 0.3) is 0 Å². The van der Waals surface area contributed by atoms with E-state index in [9.17, 15) is 9.18 Å². The fourth-order valence-electron chi connectivity index (χ4n) is 1.41. The number of halogens is 1. The average Bonchev–Trinajstić information content (AvgIpc) is 2.37. The summed E-state index contributed by atoms with van der Waals surface area (Å²) in [4.78, 5) is 11.4. The minimum Gasteiger partial charge on any atom is -0.505 e. The molecule has 0 spiro atoms. The van der Waals surface area contributed by atoms with Crippen molar-refractivity contribution in [3.8, 4) is 5.75 Å². The number of carbonyl (C=O) groups excluding carboxylic acids is 1. The van der Waals surface area contributed by atoms with E-state index in [0.717, 1.165) is 6.07 Å². The van der Waals surface area contributed by atoms with Crippen molar-refractivity contribution in [1.82, 2.24) is 10.6 Å². The second kappa shape index (κ2) is 7.79. The first-order valence-corrected chi connectivity index (χ1v) is 7.08. The highest BCUT2D eigenvalue weighted by atomic mass is 32.1. The van der Waals surface area contributed by atoms with E-state index >= 15 is 0 Å². The van der Waals surface area contributed by atoms with Crippen molar-refractivity contribution in [2.75, 3.05) is 18.4 Å². The Labute approximate surface area is 134 Å². The molecule has 1 aromatic carbocycles. The summed E-state index contributed by atoms with van der Waals surface area (Å²) in [5.74, 6) is -1.16. The van der Waals surface area contributed by atoms with Crippen LogP contribution in [-0.4, -0.2) is 35.0 Å². The van der Waals surface area contributed by atoms with Gasteiger partial charge in [-0.15, -0.1) is 0 Å². The third-order valence-corrected chi connectivity index (χ3v) is 2.53. The Morgan fingerprint density at radius 1 is 1.32 bits per heavy atom. The smallest absolute Gasteiger partial charge is 0.407 e. The summed E-state index contributed by atoms with van der Waals surface area (Å²) in [6, 6.07) is 3.85. The van der Waals surface area contributed by atoms with Gasteiger partial charge in [0, 0.05) is 24.8 Å². The zero-order chi connectivity index (χ0) is 16.8. The van der Waals surface area contributed by atoms with Gasteiger partial charge in [0.05, 0.1) is 0 Å². The predicted octanol–water partition coefficient (Wildman–Crippen LogP) is 2.34. The lowest BCUT2D eigenvalue weighted by Crippen LogP contribution is -2.39. The zero-order valence-electron chi connectivity index (χ0n) is 12.7. The van der Waals surface area contributed by atoms with E-state index in [2.05, 4.69) is 16.0 Å². The predicted molar refractivity (Wildman–Crippen MR) is 86.5 cm³/mol. The van der Waals surface area contributed by atoms with Crippen LogP contribution in [0.1, 0.15) is 20.8 Å². The summed E-state index contributed by atoms with van der Waals surface area (Å²) in [7, 11) is 0. The van der Waals surface area contributed by atoms with Gasteiger partial charge in [0.2, 0.25) is 0 Å². The van der Waals surface area contributed by atoms with Crippen molar-refractivity contribution in [2.45, 2.75) is 26.4 Å². The lowest BCUT2D eigenvalue weighted by Gasteiger charge is -2.19. The third kappa shape index (κ3) is 7.07. The number of alkyl carbamates (subject to hydrolysis) is 1. The number of anilines is 1. The van der Waals surface area contributed by atoms with Crippen molar-refractivity contribution >= 4 is 29.1 Å². The Hall–Kier alpha value is -2.09. The van der Waals surface area contributed by atoms with Gasteiger partial charge >= 0.3 is 6.09 Å². The molecule has 0 aliphatic carbocycles. The minimum absolute atomic E-state index is 0.274. The minimum atomic E-state index is -0.737. The number of phenols is 1. The monoisotopic (exact) mass is 329 g/mol. The molecule has 0 heterocycles. The molecule has 1 aromatic rings. The molecule has 0 saturated heterocycles. The SMILES string of the molecule is CC(C)(C)OC(=O)NCCNC(=S)Nc1ccc(O)c(F)c1. The molecule has 22 heavy (non-hydrogen) atoms. The molecule has 4 N–H and O–H groups in total. The number of amides is 1. The second-order valence-electron chi connectivity index (χ2n) is 5.48. The Bertz CT molecular complexity index is 547. The molecular formula is C14H20FN3O3S. The number of thiocarbonyl (C=S) groups is 1. The Morgan fingerprint density at radius 2 is 1.95 bits per heavy atom. The fraction of sp³-hybridized carbons (Fsp3) is 0.429. The molecule has 1 rings (SSSR count). The van der Waals surface area contributed by atoms with Crippen LogP contribution in [0, 0.1) is 5.82 Å². The van der Waals surface area contributed by atoms with Crippen LogP contribution in [0.5, 0.6) is 5.75 Å². The molecule has 122 valence electrons. The Kier molecular flexibility index (Phi) is 6.36. The zero-order valence-corrected chi connectivity index (χ0v) is 13.5. The highest BCUT2D eigenvalue weighted by molar-refractivity contribution is 7.80. The molecule has 6 nitrogen and oxygen atoms in total. The molecule has 0 unspecified atom stereocenters. The number of ether oxygens (including phenoxy) is 1. The molecule has 0 saturated carbocycles. The third-order valence-electron chi connectivity index (χ3n) is 2.28. The molecule has 0 bridgehead atoms. The Morgan fingerprint density at radius 3 is 2.55 bits per heavy atom. The number of benzene rings is 1. The molecule has 1 amide bonds. The quantitative estimate of drug-likeness (QED) is 0.386. The maximum Gasteiger partial charge on any atom is 0.407 e. The van der Waals surface area contributed by atoms with E-state index < -0.39 is 23.3 Å². The van der Waals surface area contributed by atoms with Crippen molar-refractivity contribution < 1.29 is 19.0 Å². The largest absolute Gasteiger partial charge is 0.505 e. The van der Waals surface area contributed by atoms with E-state index in [1.165, 1.54) is 12.1 Å². The van der Waals surface area contributed by atoms with E-state index in [1.54, 1.807) is 20.8 Å². The van der Waals surface area contributed by atoms with Crippen molar-refractivity contribution in [3.63, 3.8) is 0 Å². The molecule has 0 aromatic heterocycles. The van der Waals surface area contributed by atoms with Gasteiger partial charge in [-0.05, 0) is 45.1 Å². The van der Waals surface area contributed by atoms with Crippen LogP contribution in [0.3, 0.4) is 0 Å². The average molecular weight is 329 g/mol. The maximum absolute atomic E-state index is 13.1. The summed E-state index contributed by atoms with van der Waals surface area (Å²) < 4.78 is 18.2. The van der Waals surface area contributed by atoms with Crippen LogP contribution in [-0.2, 0) is 4.74 Å². The number of rotatable bonds is 4. The molecule has 0 atom stereocenters. The topological polar surface area (TPSA) is 82.6 Å². The number of aromatic hydroxyl groups is 1. The standard InChI is InChI=1S/C14H20FN3O3S/c1-14(2,3)21-13(20)17-7-6-16-12(22)18-9-4-5-11(19)10(15)8-9/h4-5,8,19H,6-7H2,1-3H3,(H,17,20)(H2,16,18,22). The first kappa shape index (κ1) is 18.0. The number of carbonyl (C=O) groups is 1. The molecule has 0 aliphatic rings. The maximum atomic E-state index is 13.1. The van der Waals surface area contributed by atoms with Crippen LogP contribution in [0.25, 0.3) is 0 Å². The van der Waals surface area contributed by atoms with Crippen LogP contribution >= 0.6 is 12.2 Å². The highest BCUT2D eigenvalue weighted by Crippen LogP contribution is 2.19. The summed E-state index contributed by atoms with van der Waals surface area (Å²) in [5.41, 5.74) is -0.134. The number of nitrogens with one attached hydrogen (secondary N) is 3. The van der Waals surface area contributed by atoms with Crippen LogP contribution in [0.2, 0.25) is 0 Å². The number of hydrogen-bond acceptors (Lipinski definition) is 4. The molecular weight excluding hydrogens is 309 g/mol. The van der Waals surface area contributed by atoms with E-state index in [4.69, 9.17) is 22.1 Å². The fourth-order valence-corrected chi connectivity index (χ4v) is 1.63. The molecule has 0 radical (unpaired) electrons. The van der Waals surface area contributed by atoms with Gasteiger partial charge in [-0.25, -0.2) is 9.18 Å². The lowest BCUT2D eigenvalue weighted by atomic mass is 10.2. The van der Waals surface area contributed by atoms with Crippen molar-refractivity contribution in [3.05, 3.63) is 24.0 Å². The molecule has 0 aliphatic heterocycles. The summed E-state index contributed by atoms with van der Waals surface area (Å²) in [6.07, 6.45) is -0.506. The van der Waals surface area contributed by atoms with E-state index in [0.29, 0.717) is 18.8 Å². The summed E-state index contributed by atoms with van der Waals surface area (Å²) >= 11 is 5.03. The summed E-state index contributed by atoms with van der Waals surface area (Å²) in [5, 5.41) is 17.5. The first-order valence-electron chi connectivity index (χ1n) is 6.67. The van der Waals surface area contributed by atoms with Crippen LogP contribution < -0.4 is 16.0 Å². The first-order chi connectivity index (χ1) is 10.2. The molecule has 8 heteroatoms. The summed E-state index contributed by atoms with van der Waals surface area (Å²) in [6.45, 7) is 6.04. The van der Waals surface area contributed by atoms with Gasteiger partial charge in [-0.1, -0.05) is 0 Å².